The molecule has 2 aromatic carbocycles. The van der Waals surface area contributed by atoms with E-state index in [-0.39, 0.29) is 18.6 Å². The molecule has 0 fully saturated rings. The molecule has 0 aliphatic carbocycles. The summed E-state index contributed by atoms with van der Waals surface area (Å²) in [6.45, 7) is 1.95. The zero-order valence-electron chi connectivity index (χ0n) is 15.5. The van der Waals surface area contributed by atoms with Crippen molar-refractivity contribution in [1.29, 1.82) is 0 Å². The highest BCUT2D eigenvalue weighted by Gasteiger charge is 2.16. The number of nitrogens with one attached hydrogen (secondary N) is 2. The lowest BCUT2D eigenvalue weighted by molar-refractivity contribution is 0.0953. The monoisotopic (exact) mass is 407 g/mol. The second-order valence-corrected chi connectivity index (χ2v) is 7.16. The van der Waals surface area contributed by atoms with Crippen molar-refractivity contribution in [2.45, 2.75) is 6.92 Å². The molecular formula is C21H17N3O4S. The van der Waals surface area contributed by atoms with E-state index in [1.165, 1.54) is 11.3 Å². The Labute approximate surface area is 171 Å². The molecule has 0 spiro atoms. The number of ether oxygens (including phenoxy) is 2. The molecule has 146 valence electrons. The van der Waals surface area contributed by atoms with Gasteiger partial charge in [0.25, 0.3) is 11.8 Å². The van der Waals surface area contributed by atoms with E-state index in [0.717, 1.165) is 5.56 Å². The molecular weight excluding hydrogens is 390 g/mol. The van der Waals surface area contributed by atoms with Gasteiger partial charge in [0.2, 0.25) is 6.79 Å². The lowest BCUT2D eigenvalue weighted by Crippen LogP contribution is -2.19. The molecule has 0 bridgehead atoms. The molecule has 0 saturated heterocycles. The van der Waals surface area contributed by atoms with E-state index in [1.54, 1.807) is 43.3 Å². The number of hydrazone groups is 1. The standard InChI is InChI=1S/C21H17N3O4S/c1-13(23-24-20(25)15-6-9-17-18(11-15)28-12-27-17)14-4-7-16(8-5-14)22-21(26)19-3-2-10-29-19/h2-11H,12H2,1H3,(H,22,26)(H,24,25)/b23-13-. The van der Waals surface area contributed by atoms with Crippen molar-refractivity contribution in [3.8, 4) is 11.5 Å². The van der Waals surface area contributed by atoms with Crippen LogP contribution in [-0.4, -0.2) is 24.3 Å². The average molecular weight is 407 g/mol. The van der Waals surface area contributed by atoms with Crippen molar-refractivity contribution < 1.29 is 19.1 Å². The van der Waals surface area contributed by atoms with Crippen LogP contribution in [0.25, 0.3) is 0 Å². The van der Waals surface area contributed by atoms with E-state index in [2.05, 4.69) is 15.8 Å². The molecule has 1 aliphatic heterocycles. The normalized spacial score (nSPS) is 12.5. The summed E-state index contributed by atoms with van der Waals surface area (Å²) < 4.78 is 10.5. The molecule has 2 amide bonds. The predicted molar refractivity (Wildman–Crippen MR) is 111 cm³/mol. The Balaban J connectivity index is 1.38. The molecule has 0 atom stereocenters. The quantitative estimate of drug-likeness (QED) is 0.496. The van der Waals surface area contributed by atoms with E-state index in [9.17, 15) is 9.59 Å². The third-order valence-electron chi connectivity index (χ3n) is 4.27. The third-order valence-corrected chi connectivity index (χ3v) is 5.13. The van der Waals surface area contributed by atoms with Gasteiger partial charge in [0.1, 0.15) is 0 Å². The largest absolute Gasteiger partial charge is 0.454 e. The summed E-state index contributed by atoms with van der Waals surface area (Å²) in [6.07, 6.45) is 0. The topological polar surface area (TPSA) is 89.0 Å². The van der Waals surface area contributed by atoms with Crippen molar-refractivity contribution in [2.75, 3.05) is 12.1 Å². The highest BCUT2D eigenvalue weighted by atomic mass is 32.1. The maximum Gasteiger partial charge on any atom is 0.271 e. The van der Waals surface area contributed by atoms with Gasteiger partial charge < -0.3 is 14.8 Å². The first-order valence-electron chi connectivity index (χ1n) is 8.80. The Morgan fingerprint density at radius 2 is 1.72 bits per heavy atom. The summed E-state index contributed by atoms with van der Waals surface area (Å²) in [5, 5.41) is 8.85. The number of anilines is 1. The fraction of sp³-hybridized carbons (Fsp3) is 0.0952. The molecule has 8 heteroatoms. The molecule has 2 N–H and O–H groups in total. The number of benzene rings is 2. The van der Waals surface area contributed by atoms with Crippen LogP contribution in [0, 0.1) is 0 Å². The van der Waals surface area contributed by atoms with E-state index >= 15 is 0 Å². The van der Waals surface area contributed by atoms with Gasteiger partial charge in [-0.3, -0.25) is 9.59 Å². The Morgan fingerprint density at radius 3 is 2.48 bits per heavy atom. The number of hydrogen-bond acceptors (Lipinski definition) is 6. The van der Waals surface area contributed by atoms with E-state index in [1.807, 2.05) is 23.6 Å². The van der Waals surface area contributed by atoms with Crippen LogP contribution >= 0.6 is 11.3 Å². The lowest BCUT2D eigenvalue weighted by Gasteiger charge is -2.06. The first-order valence-corrected chi connectivity index (χ1v) is 9.68. The Morgan fingerprint density at radius 1 is 0.966 bits per heavy atom. The molecule has 1 aliphatic rings. The van der Waals surface area contributed by atoms with E-state index in [4.69, 9.17) is 9.47 Å². The summed E-state index contributed by atoms with van der Waals surface area (Å²) in [7, 11) is 0. The average Bonchev–Trinajstić information content (AvgIpc) is 3.43. The van der Waals surface area contributed by atoms with Crippen LogP contribution in [0.2, 0.25) is 0 Å². The minimum atomic E-state index is -0.345. The Kier molecular flexibility index (Phi) is 5.26. The first kappa shape index (κ1) is 18.7. The van der Waals surface area contributed by atoms with Gasteiger partial charge in [-0.2, -0.15) is 5.10 Å². The maximum absolute atomic E-state index is 12.3. The second-order valence-electron chi connectivity index (χ2n) is 6.21. The van der Waals surface area contributed by atoms with Gasteiger partial charge in [0.15, 0.2) is 11.5 Å². The number of carbonyl (C=O) groups excluding carboxylic acids is 2. The van der Waals surface area contributed by atoms with Crippen LogP contribution in [0.3, 0.4) is 0 Å². The second kappa shape index (κ2) is 8.15. The van der Waals surface area contributed by atoms with E-state index < -0.39 is 0 Å². The summed E-state index contributed by atoms with van der Waals surface area (Å²) in [6, 6.07) is 15.8. The van der Waals surface area contributed by atoms with Crippen LogP contribution in [0.1, 0.15) is 32.5 Å². The number of fused-ring (bicyclic) bond motifs is 1. The number of nitrogens with zero attached hydrogens (tertiary/aromatic N) is 1. The first-order chi connectivity index (χ1) is 14.1. The van der Waals surface area contributed by atoms with Crippen molar-refractivity contribution >= 4 is 34.6 Å². The highest BCUT2D eigenvalue weighted by molar-refractivity contribution is 7.12. The van der Waals surface area contributed by atoms with Crippen molar-refractivity contribution in [2.24, 2.45) is 5.10 Å². The van der Waals surface area contributed by atoms with Gasteiger partial charge >= 0.3 is 0 Å². The smallest absolute Gasteiger partial charge is 0.271 e. The molecule has 29 heavy (non-hydrogen) atoms. The van der Waals surface area contributed by atoms with Crippen LogP contribution < -0.4 is 20.2 Å². The summed E-state index contributed by atoms with van der Waals surface area (Å²) in [5.41, 5.74) is 5.11. The number of rotatable bonds is 5. The molecule has 0 unspecified atom stereocenters. The SMILES string of the molecule is C/C(=N/NC(=O)c1ccc2c(c1)OCO2)c1ccc(NC(=O)c2cccs2)cc1. The summed E-state index contributed by atoms with van der Waals surface area (Å²) >= 11 is 1.39. The maximum atomic E-state index is 12.3. The lowest BCUT2D eigenvalue weighted by atomic mass is 10.1. The summed E-state index contributed by atoms with van der Waals surface area (Å²) in [4.78, 5) is 25.0. The molecule has 0 radical (unpaired) electrons. The molecule has 3 aromatic rings. The van der Waals surface area contributed by atoms with Gasteiger partial charge in [-0.15, -0.1) is 11.3 Å². The molecule has 7 nitrogen and oxygen atoms in total. The number of thiophene rings is 1. The van der Waals surface area contributed by atoms with Crippen LogP contribution in [-0.2, 0) is 0 Å². The number of carbonyl (C=O) groups is 2. The van der Waals surface area contributed by atoms with Gasteiger partial charge in [0, 0.05) is 11.3 Å². The predicted octanol–water partition coefficient (Wildman–Crippen LogP) is 3.88. The summed E-state index contributed by atoms with van der Waals surface area (Å²) in [5.74, 6) is 0.669. The van der Waals surface area contributed by atoms with E-state index in [0.29, 0.717) is 33.3 Å². The minimum absolute atomic E-state index is 0.144. The molecule has 0 saturated carbocycles. The zero-order valence-corrected chi connectivity index (χ0v) is 16.3. The van der Waals surface area contributed by atoms with Crippen LogP contribution in [0.4, 0.5) is 5.69 Å². The molecule has 4 rings (SSSR count). The fourth-order valence-electron chi connectivity index (χ4n) is 2.70. The van der Waals surface area contributed by atoms with Gasteiger partial charge in [0.05, 0.1) is 10.6 Å². The fourth-order valence-corrected chi connectivity index (χ4v) is 3.32. The van der Waals surface area contributed by atoms with Gasteiger partial charge in [-0.25, -0.2) is 5.43 Å². The van der Waals surface area contributed by atoms with Gasteiger partial charge in [-0.05, 0) is 54.3 Å². The zero-order chi connectivity index (χ0) is 20.2. The Bertz CT molecular complexity index is 1080. The molecule has 1 aromatic heterocycles. The third kappa shape index (κ3) is 4.27. The Hall–Kier alpha value is -3.65. The van der Waals surface area contributed by atoms with Crippen molar-refractivity contribution in [3.05, 3.63) is 76.0 Å². The molecule has 2 heterocycles. The van der Waals surface area contributed by atoms with Crippen LogP contribution in [0.5, 0.6) is 11.5 Å². The number of amides is 2. The van der Waals surface area contributed by atoms with Crippen molar-refractivity contribution in [1.82, 2.24) is 5.43 Å². The van der Waals surface area contributed by atoms with Crippen LogP contribution in [0.15, 0.2) is 65.1 Å². The van der Waals surface area contributed by atoms with Crippen molar-refractivity contribution in [3.63, 3.8) is 0 Å². The number of hydrogen-bond donors (Lipinski definition) is 2. The van der Waals surface area contributed by atoms with Gasteiger partial charge in [-0.1, -0.05) is 18.2 Å². The minimum Gasteiger partial charge on any atom is -0.454 e. The highest BCUT2D eigenvalue weighted by Crippen LogP contribution is 2.32.